The monoisotopic (exact) mass is 559 g/mol. The van der Waals surface area contributed by atoms with Crippen molar-refractivity contribution in [3.05, 3.63) is 110 Å². The maximum atomic E-state index is 13.0. The van der Waals surface area contributed by atoms with Gasteiger partial charge in [-0.1, -0.05) is 42.0 Å². The van der Waals surface area contributed by atoms with Gasteiger partial charge in [0.2, 0.25) is 0 Å². The lowest BCUT2D eigenvalue weighted by Gasteiger charge is -2.12. The average molecular weight is 560 g/mol. The van der Waals surface area contributed by atoms with Crippen molar-refractivity contribution in [3.8, 4) is 5.75 Å². The zero-order chi connectivity index (χ0) is 26.1. The second-order valence-corrected chi connectivity index (χ2v) is 9.79. The Hall–Kier alpha value is -3.84. The van der Waals surface area contributed by atoms with Crippen LogP contribution >= 0.6 is 15.9 Å². The number of carbonyl (C=O) groups excluding carboxylic acids is 1. The van der Waals surface area contributed by atoms with Crippen LogP contribution in [0.25, 0.3) is 21.9 Å². The van der Waals surface area contributed by atoms with Crippen molar-refractivity contribution < 1.29 is 18.7 Å². The van der Waals surface area contributed by atoms with E-state index in [1.54, 1.807) is 13.0 Å². The molecule has 0 fully saturated rings. The van der Waals surface area contributed by atoms with Crippen LogP contribution in [0.1, 0.15) is 39.7 Å². The largest absolute Gasteiger partial charge is 0.488 e. The first kappa shape index (κ1) is 24.8. The summed E-state index contributed by atoms with van der Waals surface area (Å²) in [5.41, 5.74) is 5.23. The molecule has 0 bridgehead atoms. The van der Waals surface area contributed by atoms with E-state index >= 15 is 0 Å². The topological polar surface area (TPSA) is 70.7 Å². The molecule has 2 heterocycles. The standard InChI is InChI=1S/C30H26BrNO5/c1-4-35-30(34)29-19(3)32(16-20-8-6-5-7-9-20)25-15-24(31)27(14-23(25)29)36-17-21-13-28(33)37-26-11-10-18(2)12-22(21)26/h5-15H,4,16-17H2,1-3H3. The molecule has 7 heteroatoms. The van der Waals surface area contributed by atoms with E-state index in [2.05, 4.69) is 32.6 Å². The first-order valence-electron chi connectivity index (χ1n) is 12.0. The molecule has 0 atom stereocenters. The fraction of sp³-hybridized carbons (Fsp3) is 0.200. The Morgan fingerprint density at radius 1 is 1.00 bits per heavy atom. The zero-order valence-corrected chi connectivity index (χ0v) is 22.4. The van der Waals surface area contributed by atoms with Crippen molar-refractivity contribution in [2.24, 2.45) is 0 Å². The third-order valence-electron chi connectivity index (χ3n) is 6.41. The summed E-state index contributed by atoms with van der Waals surface area (Å²) >= 11 is 3.65. The number of benzene rings is 3. The van der Waals surface area contributed by atoms with Gasteiger partial charge in [0, 0.05) is 34.6 Å². The number of esters is 1. The van der Waals surface area contributed by atoms with Crippen LogP contribution in [0.3, 0.4) is 0 Å². The van der Waals surface area contributed by atoms with Gasteiger partial charge in [-0.25, -0.2) is 9.59 Å². The van der Waals surface area contributed by atoms with Gasteiger partial charge in [0.25, 0.3) is 0 Å². The number of rotatable bonds is 7. The molecule has 0 amide bonds. The van der Waals surface area contributed by atoms with E-state index in [-0.39, 0.29) is 19.2 Å². The number of halogens is 1. The number of hydrogen-bond acceptors (Lipinski definition) is 5. The Balaban J connectivity index is 1.58. The maximum Gasteiger partial charge on any atom is 0.340 e. The molecule has 0 aliphatic rings. The number of fused-ring (bicyclic) bond motifs is 2. The van der Waals surface area contributed by atoms with Crippen molar-refractivity contribution in [3.63, 3.8) is 0 Å². The highest BCUT2D eigenvalue weighted by molar-refractivity contribution is 9.10. The van der Waals surface area contributed by atoms with E-state index in [4.69, 9.17) is 13.9 Å². The molecule has 0 aliphatic carbocycles. The Morgan fingerprint density at radius 3 is 2.54 bits per heavy atom. The van der Waals surface area contributed by atoms with Crippen molar-refractivity contribution in [2.45, 2.75) is 33.9 Å². The summed E-state index contributed by atoms with van der Waals surface area (Å²) in [6, 6.07) is 21.1. The van der Waals surface area contributed by atoms with Crippen LogP contribution in [-0.4, -0.2) is 17.1 Å². The van der Waals surface area contributed by atoms with Gasteiger partial charge in [-0.15, -0.1) is 0 Å². The van der Waals surface area contributed by atoms with Crippen molar-refractivity contribution >= 4 is 43.8 Å². The maximum absolute atomic E-state index is 13.0. The van der Waals surface area contributed by atoms with Gasteiger partial charge in [0.1, 0.15) is 17.9 Å². The molecule has 5 aromatic rings. The van der Waals surface area contributed by atoms with Crippen molar-refractivity contribution in [1.82, 2.24) is 4.57 Å². The number of carbonyl (C=O) groups is 1. The minimum atomic E-state index is -0.428. The Morgan fingerprint density at radius 2 is 1.78 bits per heavy atom. The Labute approximate surface area is 222 Å². The predicted molar refractivity (Wildman–Crippen MR) is 147 cm³/mol. The predicted octanol–water partition coefficient (Wildman–Crippen LogP) is 6.93. The quantitative estimate of drug-likeness (QED) is 0.160. The first-order chi connectivity index (χ1) is 17.9. The molecule has 0 unspecified atom stereocenters. The van der Waals surface area contributed by atoms with Crippen LogP contribution in [0.2, 0.25) is 0 Å². The minimum Gasteiger partial charge on any atom is -0.488 e. The van der Waals surface area contributed by atoms with E-state index in [1.165, 1.54) is 6.07 Å². The summed E-state index contributed by atoms with van der Waals surface area (Å²) in [7, 11) is 0. The van der Waals surface area contributed by atoms with Gasteiger partial charge < -0.3 is 18.5 Å². The van der Waals surface area contributed by atoms with E-state index in [9.17, 15) is 9.59 Å². The number of aromatic nitrogens is 1. The summed E-state index contributed by atoms with van der Waals surface area (Å²) in [5.74, 6) is 0.191. The minimum absolute atomic E-state index is 0.161. The highest BCUT2D eigenvalue weighted by atomic mass is 79.9. The second kappa shape index (κ2) is 10.3. The molecular formula is C30H26BrNO5. The molecule has 188 valence electrons. The fourth-order valence-electron chi connectivity index (χ4n) is 4.63. The molecule has 2 aromatic heterocycles. The lowest BCUT2D eigenvalue weighted by Crippen LogP contribution is -2.08. The first-order valence-corrected chi connectivity index (χ1v) is 12.8. The second-order valence-electron chi connectivity index (χ2n) is 8.93. The lowest BCUT2D eigenvalue weighted by molar-refractivity contribution is 0.0527. The number of ether oxygens (including phenoxy) is 2. The van der Waals surface area contributed by atoms with Crippen LogP contribution in [0, 0.1) is 13.8 Å². The summed E-state index contributed by atoms with van der Waals surface area (Å²) in [6.07, 6.45) is 0. The molecule has 3 aromatic carbocycles. The van der Waals surface area contributed by atoms with Gasteiger partial charge >= 0.3 is 11.6 Å². The van der Waals surface area contributed by atoms with Crippen LogP contribution in [0.15, 0.2) is 80.4 Å². The van der Waals surface area contributed by atoms with Gasteiger partial charge in [-0.3, -0.25) is 0 Å². The Bertz CT molecular complexity index is 1680. The zero-order valence-electron chi connectivity index (χ0n) is 20.8. The average Bonchev–Trinajstić information content (AvgIpc) is 3.13. The van der Waals surface area contributed by atoms with Crippen LogP contribution in [-0.2, 0) is 17.9 Å². The molecule has 37 heavy (non-hydrogen) atoms. The van der Waals surface area contributed by atoms with Gasteiger partial charge in [0.05, 0.1) is 22.2 Å². The van der Waals surface area contributed by atoms with Gasteiger partial charge in [0.15, 0.2) is 0 Å². The molecule has 0 saturated carbocycles. The van der Waals surface area contributed by atoms with Crippen molar-refractivity contribution in [2.75, 3.05) is 6.61 Å². The normalized spacial score (nSPS) is 11.2. The number of aryl methyl sites for hydroxylation is 1. The Kier molecular flexibility index (Phi) is 6.89. The molecular weight excluding hydrogens is 534 g/mol. The fourth-order valence-corrected chi connectivity index (χ4v) is 5.08. The molecule has 0 radical (unpaired) electrons. The molecule has 0 spiro atoms. The van der Waals surface area contributed by atoms with Gasteiger partial charge in [-0.05, 0) is 66.5 Å². The summed E-state index contributed by atoms with van der Waals surface area (Å²) in [6.45, 7) is 6.77. The van der Waals surface area contributed by atoms with E-state index < -0.39 is 5.63 Å². The molecule has 5 rings (SSSR count). The lowest BCUT2D eigenvalue weighted by atomic mass is 10.1. The van der Waals surface area contributed by atoms with E-state index in [0.717, 1.165) is 43.1 Å². The molecule has 0 N–H and O–H groups in total. The van der Waals surface area contributed by atoms with Crippen LogP contribution in [0.5, 0.6) is 5.75 Å². The van der Waals surface area contributed by atoms with Crippen LogP contribution in [0.4, 0.5) is 0 Å². The molecule has 0 aliphatic heterocycles. The summed E-state index contributed by atoms with van der Waals surface area (Å²) in [5, 5.41) is 1.58. The highest BCUT2D eigenvalue weighted by Gasteiger charge is 2.23. The van der Waals surface area contributed by atoms with E-state index in [0.29, 0.717) is 23.4 Å². The number of nitrogens with zero attached hydrogens (tertiary/aromatic N) is 1. The third kappa shape index (κ3) is 4.91. The SMILES string of the molecule is CCOC(=O)c1c(C)n(Cc2ccccc2)c2cc(Br)c(OCc3cc(=O)oc4ccc(C)cc34)cc12. The highest BCUT2D eigenvalue weighted by Crippen LogP contribution is 2.36. The smallest absolute Gasteiger partial charge is 0.340 e. The third-order valence-corrected chi connectivity index (χ3v) is 7.03. The summed E-state index contributed by atoms with van der Waals surface area (Å²) in [4.78, 5) is 25.1. The van der Waals surface area contributed by atoms with Crippen LogP contribution < -0.4 is 10.4 Å². The van der Waals surface area contributed by atoms with Gasteiger partial charge in [-0.2, -0.15) is 0 Å². The summed E-state index contributed by atoms with van der Waals surface area (Å²) < 4.78 is 19.8. The molecule has 0 saturated heterocycles. The molecule has 6 nitrogen and oxygen atoms in total. The van der Waals surface area contributed by atoms with Crippen molar-refractivity contribution in [1.29, 1.82) is 0 Å². The van der Waals surface area contributed by atoms with E-state index in [1.807, 2.05) is 56.3 Å². The number of hydrogen-bond donors (Lipinski definition) is 0.